The van der Waals surface area contributed by atoms with E-state index in [1.165, 1.54) is 0 Å². The summed E-state index contributed by atoms with van der Waals surface area (Å²) in [5.74, 6) is -0.670. The van der Waals surface area contributed by atoms with Gasteiger partial charge in [-0.3, -0.25) is 9.80 Å². The number of hydrogen-bond donors (Lipinski definition) is 1. The molecule has 0 bridgehead atoms. The maximum Gasteiger partial charge on any atom is 0.354 e. The lowest BCUT2D eigenvalue weighted by Crippen LogP contribution is -2.42. The Bertz CT molecular complexity index is 956. The van der Waals surface area contributed by atoms with Crippen molar-refractivity contribution in [2.24, 2.45) is 5.10 Å². The zero-order valence-electron chi connectivity index (χ0n) is 18.2. The van der Waals surface area contributed by atoms with Crippen LogP contribution in [0.4, 0.5) is 11.4 Å². The van der Waals surface area contributed by atoms with Gasteiger partial charge in [0, 0.05) is 31.7 Å². The van der Waals surface area contributed by atoms with E-state index in [1.807, 2.05) is 42.5 Å². The number of hydrazone groups is 1. The van der Waals surface area contributed by atoms with Gasteiger partial charge in [-0.25, -0.2) is 4.79 Å². The van der Waals surface area contributed by atoms with Gasteiger partial charge in [0.15, 0.2) is 0 Å². The minimum Gasteiger partial charge on any atom is -0.461 e. The molecule has 0 aromatic heterocycles. The van der Waals surface area contributed by atoms with Crippen LogP contribution in [0.15, 0.2) is 59.7 Å². The zero-order valence-corrected chi connectivity index (χ0v) is 18.2. The average molecular weight is 437 g/mol. The van der Waals surface area contributed by atoms with Crippen molar-refractivity contribution in [1.29, 1.82) is 0 Å². The highest BCUT2D eigenvalue weighted by Gasteiger charge is 2.36. The second kappa shape index (κ2) is 10.3. The van der Waals surface area contributed by atoms with Gasteiger partial charge in [0.1, 0.15) is 11.8 Å². The first-order valence-corrected chi connectivity index (χ1v) is 10.9. The van der Waals surface area contributed by atoms with Crippen molar-refractivity contribution >= 4 is 29.0 Å². The van der Waals surface area contributed by atoms with E-state index >= 15 is 0 Å². The third-order valence-corrected chi connectivity index (χ3v) is 5.52. The molecule has 8 nitrogen and oxygen atoms in total. The number of benzene rings is 2. The van der Waals surface area contributed by atoms with Gasteiger partial charge in [-0.05, 0) is 36.8 Å². The Hall–Kier alpha value is -3.39. The van der Waals surface area contributed by atoms with E-state index in [9.17, 15) is 9.59 Å². The molecule has 1 amide bonds. The van der Waals surface area contributed by atoms with Gasteiger partial charge >= 0.3 is 5.97 Å². The van der Waals surface area contributed by atoms with E-state index in [4.69, 9.17) is 9.47 Å². The van der Waals surface area contributed by atoms with Gasteiger partial charge in [-0.2, -0.15) is 5.10 Å². The van der Waals surface area contributed by atoms with Gasteiger partial charge in [0.05, 0.1) is 25.5 Å². The number of nitrogens with one attached hydrogen (secondary N) is 1. The lowest BCUT2D eigenvalue weighted by molar-refractivity contribution is -0.135. The first-order valence-electron chi connectivity index (χ1n) is 10.9. The molecule has 1 unspecified atom stereocenters. The van der Waals surface area contributed by atoms with Crippen LogP contribution >= 0.6 is 0 Å². The molecule has 2 heterocycles. The Morgan fingerprint density at radius 3 is 2.47 bits per heavy atom. The van der Waals surface area contributed by atoms with E-state index in [1.54, 1.807) is 11.9 Å². The van der Waals surface area contributed by atoms with Gasteiger partial charge in [-0.1, -0.05) is 30.3 Å². The first kappa shape index (κ1) is 21.8. The number of morpholine rings is 1. The summed E-state index contributed by atoms with van der Waals surface area (Å²) in [7, 11) is 0. The van der Waals surface area contributed by atoms with Crippen LogP contribution in [0.5, 0.6) is 0 Å². The predicted molar refractivity (Wildman–Crippen MR) is 123 cm³/mol. The normalized spacial score (nSPS) is 18.3. The number of anilines is 2. The van der Waals surface area contributed by atoms with Crippen LogP contribution in [0.2, 0.25) is 0 Å². The molecule has 1 atom stereocenters. The number of ether oxygens (including phenoxy) is 2. The largest absolute Gasteiger partial charge is 0.461 e. The van der Waals surface area contributed by atoms with Crippen molar-refractivity contribution in [3.8, 4) is 0 Å². The van der Waals surface area contributed by atoms with Crippen molar-refractivity contribution in [1.82, 2.24) is 5.32 Å². The molecule has 8 heteroatoms. The fourth-order valence-electron chi connectivity index (χ4n) is 3.82. The maximum absolute atomic E-state index is 13.0. The molecule has 1 fully saturated rings. The number of hydrogen-bond acceptors (Lipinski definition) is 7. The summed E-state index contributed by atoms with van der Waals surface area (Å²) >= 11 is 0. The minimum absolute atomic E-state index is 0.186. The van der Waals surface area contributed by atoms with Gasteiger partial charge in [0.2, 0.25) is 5.91 Å². The first-order chi connectivity index (χ1) is 15.7. The van der Waals surface area contributed by atoms with E-state index in [2.05, 4.69) is 27.5 Å². The molecule has 0 radical (unpaired) electrons. The van der Waals surface area contributed by atoms with Gasteiger partial charge in [0.25, 0.3) is 0 Å². The van der Waals surface area contributed by atoms with Gasteiger partial charge < -0.3 is 19.7 Å². The lowest BCUT2D eigenvalue weighted by Gasteiger charge is -2.29. The molecule has 4 rings (SSSR count). The molecule has 2 aromatic carbocycles. The van der Waals surface area contributed by atoms with Crippen molar-refractivity contribution in [2.75, 3.05) is 42.8 Å². The number of esters is 1. The van der Waals surface area contributed by atoms with Gasteiger partial charge in [-0.15, -0.1) is 0 Å². The molecule has 2 aromatic rings. The van der Waals surface area contributed by atoms with E-state index in [-0.39, 0.29) is 24.6 Å². The second-order valence-corrected chi connectivity index (χ2v) is 7.65. The van der Waals surface area contributed by atoms with Crippen LogP contribution in [-0.2, 0) is 25.6 Å². The number of amides is 1. The molecule has 0 aliphatic carbocycles. The number of carbonyl (C=O) groups is 2. The SMILES string of the molecule is CCOC(=O)C1=NN(c2ccccc2)C(C(=O)NCc2ccc(N3CCOCC3)cc2)C1. The Kier molecular flexibility index (Phi) is 7.01. The second-order valence-electron chi connectivity index (χ2n) is 7.65. The molecule has 0 saturated carbocycles. The maximum atomic E-state index is 13.0. The smallest absolute Gasteiger partial charge is 0.354 e. The van der Waals surface area contributed by atoms with E-state index in [0.717, 1.165) is 43.2 Å². The molecular formula is C24H28N4O4. The standard InChI is InChI=1S/C24H28N4O4/c1-2-32-24(30)21-16-22(28(26-21)20-6-4-3-5-7-20)23(29)25-17-18-8-10-19(11-9-18)27-12-14-31-15-13-27/h3-11,22H,2,12-17H2,1H3,(H,25,29). The zero-order chi connectivity index (χ0) is 22.3. The van der Waals surface area contributed by atoms with Crippen LogP contribution in [0.25, 0.3) is 0 Å². The molecule has 2 aliphatic rings. The highest BCUT2D eigenvalue weighted by molar-refractivity contribution is 6.38. The fraction of sp³-hybridized carbons (Fsp3) is 0.375. The minimum atomic E-state index is -0.607. The number of carbonyl (C=O) groups excluding carboxylic acids is 2. The van der Waals surface area contributed by atoms with E-state index < -0.39 is 12.0 Å². The Balaban J connectivity index is 1.40. The van der Waals surface area contributed by atoms with Crippen LogP contribution in [-0.4, -0.2) is 56.5 Å². The van der Waals surface area contributed by atoms with Crippen LogP contribution in [0, 0.1) is 0 Å². The van der Waals surface area contributed by atoms with E-state index in [0.29, 0.717) is 6.54 Å². The summed E-state index contributed by atoms with van der Waals surface area (Å²) in [6.45, 7) is 5.67. The molecule has 1 N–H and O–H groups in total. The number of nitrogens with zero attached hydrogens (tertiary/aromatic N) is 3. The van der Waals surface area contributed by atoms with Crippen molar-refractivity contribution in [3.05, 3.63) is 60.2 Å². The Morgan fingerprint density at radius 2 is 1.78 bits per heavy atom. The third kappa shape index (κ3) is 5.08. The summed E-state index contributed by atoms with van der Waals surface area (Å²) in [6, 6.07) is 16.9. The summed E-state index contributed by atoms with van der Waals surface area (Å²) in [5, 5.41) is 8.99. The Labute approximate surface area is 187 Å². The number of para-hydroxylation sites is 1. The van der Waals surface area contributed by atoms with Crippen molar-refractivity contribution < 1.29 is 19.1 Å². The molecule has 32 heavy (non-hydrogen) atoms. The highest BCUT2D eigenvalue weighted by atomic mass is 16.5. The van der Waals surface area contributed by atoms with Crippen LogP contribution < -0.4 is 15.2 Å². The van der Waals surface area contributed by atoms with Crippen molar-refractivity contribution in [3.63, 3.8) is 0 Å². The topological polar surface area (TPSA) is 83.5 Å². The van der Waals surface area contributed by atoms with Crippen molar-refractivity contribution in [2.45, 2.75) is 25.9 Å². The monoisotopic (exact) mass is 436 g/mol. The molecule has 0 spiro atoms. The average Bonchev–Trinajstić information content (AvgIpc) is 3.30. The summed E-state index contributed by atoms with van der Waals surface area (Å²) in [4.78, 5) is 27.5. The highest BCUT2D eigenvalue weighted by Crippen LogP contribution is 2.25. The Morgan fingerprint density at radius 1 is 1.06 bits per heavy atom. The third-order valence-electron chi connectivity index (χ3n) is 5.52. The molecular weight excluding hydrogens is 408 g/mol. The summed E-state index contributed by atoms with van der Waals surface area (Å²) < 4.78 is 10.5. The number of rotatable bonds is 7. The van der Waals surface area contributed by atoms with Crippen LogP contribution in [0.3, 0.4) is 0 Å². The fourth-order valence-corrected chi connectivity index (χ4v) is 3.82. The molecule has 168 valence electrons. The summed E-state index contributed by atoms with van der Waals surface area (Å²) in [5.41, 5.74) is 3.17. The molecule has 1 saturated heterocycles. The van der Waals surface area contributed by atoms with Crippen LogP contribution in [0.1, 0.15) is 18.9 Å². The molecule has 2 aliphatic heterocycles. The predicted octanol–water partition coefficient (Wildman–Crippen LogP) is 2.34. The summed E-state index contributed by atoms with van der Waals surface area (Å²) in [6.07, 6.45) is 0.204. The quantitative estimate of drug-likeness (QED) is 0.671. The lowest BCUT2D eigenvalue weighted by atomic mass is 10.1.